The van der Waals surface area contributed by atoms with E-state index in [2.05, 4.69) is 29.4 Å². The van der Waals surface area contributed by atoms with E-state index >= 15 is 0 Å². The Bertz CT molecular complexity index is 328. The van der Waals surface area contributed by atoms with Crippen LogP contribution in [0.4, 0.5) is 11.5 Å². The van der Waals surface area contributed by atoms with E-state index < -0.39 is 0 Å². The van der Waals surface area contributed by atoms with Crippen molar-refractivity contribution in [2.24, 2.45) is 5.92 Å². The average molecular weight is 219 g/mol. The average Bonchev–Trinajstić information content (AvgIpc) is 3.10. The van der Waals surface area contributed by atoms with E-state index in [1.165, 1.54) is 19.3 Å². The number of anilines is 2. The third kappa shape index (κ3) is 2.65. The Balaban J connectivity index is 1.98. The standard InChI is InChI=1S/C13H21N3/c1-4-12(10-5-6-10)15-11-7-8-13(14-9-11)16(2)3/h7-10,12,15H,4-6H2,1-3H3. The van der Waals surface area contributed by atoms with Crippen molar-refractivity contribution in [3.63, 3.8) is 0 Å². The van der Waals surface area contributed by atoms with E-state index in [0.717, 1.165) is 17.4 Å². The molecule has 16 heavy (non-hydrogen) atoms. The number of hydrogen-bond donors (Lipinski definition) is 1. The van der Waals surface area contributed by atoms with Crippen molar-refractivity contribution in [3.05, 3.63) is 18.3 Å². The summed E-state index contributed by atoms with van der Waals surface area (Å²) in [7, 11) is 4.02. The number of hydrogen-bond acceptors (Lipinski definition) is 3. The van der Waals surface area contributed by atoms with Crippen LogP contribution in [0.2, 0.25) is 0 Å². The summed E-state index contributed by atoms with van der Waals surface area (Å²) in [4.78, 5) is 6.42. The molecule has 88 valence electrons. The summed E-state index contributed by atoms with van der Waals surface area (Å²) in [6, 6.07) is 4.81. The van der Waals surface area contributed by atoms with Crippen molar-refractivity contribution in [1.29, 1.82) is 0 Å². The van der Waals surface area contributed by atoms with E-state index in [4.69, 9.17) is 0 Å². The molecule has 0 aromatic carbocycles. The molecular formula is C13H21N3. The molecule has 1 heterocycles. The van der Waals surface area contributed by atoms with Crippen LogP contribution >= 0.6 is 0 Å². The van der Waals surface area contributed by atoms with Crippen LogP contribution in [0.25, 0.3) is 0 Å². The Morgan fingerprint density at radius 3 is 2.62 bits per heavy atom. The van der Waals surface area contributed by atoms with Crippen LogP contribution in [0.15, 0.2) is 18.3 Å². The van der Waals surface area contributed by atoms with Gasteiger partial charge in [0.2, 0.25) is 0 Å². The summed E-state index contributed by atoms with van der Waals surface area (Å²) >= 11 is 0. The summed E-state index contributed by atoms with van der Waals surface area (Å²) in [6.07, 6.45) is 5.89. The van der Waals surface area contributed by atoms with E-state index in [9.17, 15) is 0 Å². The second-order valence-electron chi connectivity index (χ2n) is 4.80. The van der Waals surface area contributed by atoms with Gasteiger partial charge in [-0.15, -0.1) is 0 Å². The molecule has 3 heteroatoms. The van der Waals surface area contributed by atoms with Gasteiger partial charge in [0.25, 0.3) is 0 Å². The highest BCUT2D eigenvalue weighted by molar-refractivity contribution is 5.48. The van der Waals surface area contributed by atoms with E-state index in [-0.39, 0.29) is 0 Å². The Morgan fingerprint density at radius 1 is 1.44 bits per heavy atom. The molecule has 1 unspecified atom stereocenters. The van der Waals surface area contributed by atoms with Gasteiger partial charge in [0.05, 0.1) is 11.9 Å². The van der Waals surface area contributed by atoms with Crippen LogP contribution in [0.5, 0.6) is 0 Å². The fourth-order valence-corrected chi connectivity index (χ4v) is 2.00. The van der Waals surface area contributed by atoms with Gasteiger partial charge in [0.1, 0.15) is 5.82 Å². The smallest absolute Gasteiger partial charge is 0.128 e. The van der Waals surface area contributed by atoms with Gasteiger partial charge >= 0.3 is 0 Å². The zero-order valence-electron chi connectivity index (χ0n) is 10.4. The number of pyridine rings is 1. The van der Waals surface area contributed by atoms with Crippen LogP contribution in [-0.2, 0) is 0 Å². The van der Waals surface area contributed by atoms with Gasteiger partial charge in [-0.3, -0.25) is 0 Å². The minimum atomic E-state index is 0.631. The van der Waals surface area contributed by atoms with Gasteiger partial charge in [0.15, 0.2) is 0 Å². The maximum Gasteiger partial charge on any atom is 0.128 e. The van der Waals surface area contributed by atoms with Gasteiger partial charge in [0, 0.05) is 20.1 Å². The monoisotopic (exact) mass is 219 g/mol. The maximum atomic E-state index is 4.41. The molecule has 1 aromatic rings. The summed E-state index contributed by atoms with van der Waals surface area (Å²) < 4.78 is 0. The molecule has 1 aromatic heterocycles. The van der Waals surface area contributed by atoms with Crippen molar-refractivity contribution in [2.45, 2.75) is 32.2 Å². The van der Waals surface area contributed by atoms with Gasteiger partial charge in [-0.25, -0.2) is 4.98 Å². The van der Waals surface area contributed by atoms with E-state index in [0.29, 0.717) is 6.04 Å². The summed E-state index contributed by atoms with van der Waals surface area (Å²) in [5, 5.41) is 3.58. The highest BCUT2D eigenvalue weighted by Gasteiger charge is 2.29. The number of nitrogens with one attached hydrogen (secondary N) is 1. The number of nitrogens with zero attached hydrogens (tertiary/aromatic N) is 2. The first-order valence-electron chi connectivity index (χ1n) is 6.10. The third-order valence-corrected chi connectivity index (χ3v) is 3.19. The van der Waals surface area contributed by atoms with Crippen LogP contribution in [0.3, 0.4) is 0 Å². The summed E-state index contributed by atoms with van der Waals surface area (Å²) in [5.41, 5.74) is 1.14. The lowest BCUT2D eigenvalue weighted by Crippen LogP contribution is -2.20. The Kier molecular flexibility index (Phi) is 3.32. The zero-order valence-corrected chi connectivity index (χ0v) is 10.4. The minimum absolute atomic E-state index is 0.631. The first-order valence-corrected chi connectivity index (χ1v) is 6.10. The SMILES string of the molecule is CCC(Nc1ccc(N(C)C)nc1)C1CC1. The van der Waals surface area contributed by atoms with Gasteiger partial charge in [-0.2, -0.15) is 0 Å². The quantitative estimate of drug-likeness (QED) is 0.825. The van der Waals surface area contributed by atoms with Crippen LogP contribution in [0, 0.1) is 5.92 Å². The normalized spacial score (nSPS) is 16.9. The van der Waals surface area contributed by atoms with Gasteiger partial charge in [-0.1, -0.05) is 6.92 Å². The first-order chi connectivity index (χ1) is 7.70. The van der Waals surface area contributed by atoms with E-state index in [1.54, 1.807) is 0 Å². The molecule has 1 N–H and O–H groups in total. The zero-order chi connectivity index (χ0) is 11.5. The molecule has 0 saturated heterocycles. The maximum absolute atomic E-state index is 4.41. The minimum Gasteiger partial charge on any atom is -0.381 e. The molecule has 1 aliphatic rings. The second kappa shape index (κ2) is 4.73. The molecule has 0 radical (unpaired) electrons. The van der Waals surface area contributed by atoms with Crippen LogP contribution in [0.1, 0.15) is 26.2 Å². The molecule has 2 rings (SSSR count). The largest absolute Gasteiger partial charge is 0.381 e. The Hall–Kier alpha value is -1.25. The lowest BCUT2D eigenvalue weighted by atomic mass is 10.1. The number of aromatic nitrogens is 1. The van der Waals surface area contributed by atoms with Crippen molar-refractivity contribution < 1.29 is 0 Å². The molecule has 3 nitrogen and oxygen atoms in total. The van der Waals surface area contributed by atoms with Crippen LogP contribution < -0.4 is 10.2 Å². The lowest BCUT2D eigenvalue weighted by Gasteiger charge is -2.18. The highest BCUT2D eigenvalue weighted by Crippen LogP contribution is 2.35. The first kappa shape index (κ1) is 11.2. The van der Waals surface area contributed by atoms with Crippen molar-refractivity contribution in [1.82, 2.24) is 4.98 Å². The summed E-state index contributed by atoms with van der Waals surface area (Å²) in [5.74, 6) is 1.89. The molecular weight excluding hydrogens is 198 g/mol. The molecule has 1 atom stereocenters. The fourth-order valence-electron chi connectivity index (χ4n) is 2.00. The molecule has 0 spiro atoms. The molecule has 0 aliphatic heterocycles. The molecule has 0 amide bonds. The highest BCUT2D eigenvalue weighted by atomic mass is 15.1. The molecule has 0 bridgehead atoms. The molecule has 1 aliphatic carbocycles. The third-order valence-electron chi connectivity index (χ3n) is 3.19. The summed E-state index contributed by atoms with van der Waals surface area (Å²) in [6.45, 7) is 2.25. The Labute approximate surface area is 97.9 Å². The topological polar surface area (TPSA) is 28.2 Å². The van der Waals surface area contributed by atoms with Crippen molar-refractivity contribution in [2.75, 3.05) is 24.3 Å². The molecule has 1 fully saturated rings. The second-order valence-corrected chi connectivity index (χ2v) is 4.80. The predicted molar refractivity (Wildman–Crippen MR) is 69.0 cm³/mol. The fraction of sp³-hybridized carbons (Fsp3) is 0.615. The predicted octanol–water partition coefficient (Wildman–Crippen LogP) is 2.75. The molecule has 1 saturated carbocycles. The van der Waals surface area contributed by atoms with Gasteiger partial charge < -0.3 is 10.2 Å². The van der Waals surface area contributed by atoms with Crippen molar-refractivity contribution in [3.8, 4) is 0 Å². The van der Waals surface area contributed by atoms with Crippen LogP contribution in [-0.4, -0.2) is 25.1 Å². The van der Waals surface area contributed by atoms with Gasteiger partial charge in [-0.05, 0) is 37.3 Å². The lowest BCUT2D eigenvalue weighted by molar-refractivity contribution is 0.616. The number of rotatable bonds is 5. The van der Waals surface area contributed by atoms with Crippen molar-refractivity contribution >= 4 is 11.5 Å². The van der Waals surface area contributed by atoms with E-state index in [1.807, 2.05) is 25.2 Å². The Morgan fingerprint density at radius 2 is 2.19 bits per heavy atom.